The summed E-state index contributed by atoms with van der Waals surface area (Å²) in [5.74, 6) is 1.80. The highest BCUT2D eigenvalue weighted by Gasteiger charge is 2.09. The van der Waals surface area contributed by atoms with Gasteiger partial charge >= 0.3 is 0 Å². The van der Waals surface area contributed by atoms with Crippen molar-refractivity contribution >= 4 is 5.84 Å². The quantitative estimate of drug-likeness (QED) is 0.642. The number of nitrogens with zero attached hydrogens (tertiary/aromatic N) is 1. The summed E-state index contributed by atoms with van der Waals surface area (Å²) in [5, 5.41) is 7.73. The Morgan fingerprint density at radius 2 is 2.00 bits per heavy atom. The van der Waals surface area contributed by atoms with Crippen molar-refractivity contribution in [3.63, 3.8) is 0 Å². The van der Waals surface area contributed by atoms with Crippen LogP contribution in [-0.4, -0.2) is 31.4 Å². The van der Waals surface area contributed by atoms with Crippen LogP contribution in [0.5, 0.6) is 5.75 Å². The van der Waals surface area contributed by atoms with E-state index in [1.807, 2.05) is 27.1 Å². The van der Waals surface area contributed by atoms with Gasteiger partial charge in [-0.3, -0.25) is 5.41 Å². The molecule has 94 valence electrons. The molecule has 1 N–H and O–H groups in total. The summed E-state index contributed by atoms with van der Waals surface area (Å²) in [4.78, 5) is 1.75. The van der Waals surface area contributed by atoms with Gasteiger partial charge < -0.3 is 9.64 Å². The van der Waals surface area contributed by atoms with Crippen molar-refractivity contribution in [2.45, 2.75) is 26.7 Å². The van der Waals surface area contributed by atoms with Gasteiger partial charge in [-0.1, -0.05) is 26.0 Å². The van der Waals surface area contributed by atoms with E-state index in [0.717, 1.165) is 5.75 Å². The molecule has 3 heteroatoms. The molecule has 0 atom stereocenters. The summed E-state index contributed by atoms with van der Waals surface area (Å²) in [7, 11) is 3.70. The Hall–Kier alpha value is -1.51. The summed E-state index contributed by atoms with van der Waals surface area (Å²) in [6.45, 7) is 6.66. The van der Waals surface area contributed by atoms with Crippen molar-refractivity contribution in [3.05, 3.63) is 29.3 Å². The van der Waals surface area contributed by atoms with E-state index in [2.05, 4.69) is 26.0 Å². The summed E-state index contributed by atoms with van der Waals surface area (Å²) in [5.41, 5.74) is 2.38. The first kappa shape index (κ1) is 13.6. The Morgan fingerprint density at radius 3 is 2.53 bits per heavy atom. The Morgan fingerprint density at radius 1 is 1.35 bits per heavy atom. The molecule has 0 aliphatic heterocycles. The zero-order valence-corrected chi connectivity index (χ0v) is 11.4. The highest BCUT2D eigenvalue weighted by molar-refractivity contribution is 5.80. The van der Waals surface area contributed by atoms with Gasteiger partial charge in [0.05, 0.1) is 0 Å². The van der Waals surface area contributed by atoms with Crippen molar-refractivity contribution in [1.29, 1.82) is 5.41 Å². The second kappa shape index (κ2) is 5.71. The fourth-order valence-corrected chi connectivity index (χ4v) is 1.52. The van der Waals surface area contributed by atoms with Crippen LogP contribution in [0.15, 0.2) is 18.2 Å². The van der Waals surface area contributed by atoms with Crippen molar-refractivity contribution in [1.82, 2.24) is 4.90 Å². The van der Waals surface area contributed by atoms with Crippen LogP contribution in [0, 0.1) is 12.3 Å². The van der Waals surface area contributed by atoms with Crippen molar-refractivity contribution in [2.75, 3.05) is 20.7 Å². The topological polar surface area (TPSA) is 36.3 Å². The van der Waals surface area contributed by atoms with E-state index in [1.165, 1.54) is 11.1 Å². The smallest absolute Gasteiger partial charge is 0.145 e. The Kier molecular flexibility index (Phi) is 4.55. The van der Waals surface area contributed by atoms with E-state index in [1.54, 1.807) is 4.90 Å². The van der Waals surface area contributed by atoms with Gasteiger partial charge in [0, 0.05) is 14.1 Å². The molecule has 0 amide bonds. The maximum absolute atomic E-state index is 7.73. The third kappa shape index (κ3) is 3.77. The van der Waals surface area contributed by atoms with E-state index in [0.29, 0.717) is 18.4 Å². The van der Waals surface area contributed by atoms with Crippen LogP contribution in [0.4, 0.5) is 0 Å². The van der Waals surface area contributed by atoms with Gasteiger partial charge in [-0.15, -0.1) is 0 Å². The summed E-state index contributed by atoms with van der Waals surface area (Å²) < 4.78 is 5.74. The van der Waals surface area contributed by atoms with Crippen LogP contribution in [-0.2, 0) is 0 Å². The minimum atomic E-state index is 0.316. The maximum Gasteiger partial charge on any atom is 0.145 e. The number of hydrogen-bond donors (Lipinski definition) is 1. The van der Waals surface area contributed by atoms with Crippen LogP contribution >= 0.6 is 0 Å². The second-order valence-electron chi connectivity index (χ2n) is 4.83. The van der Waals surface area contributed by atoms with Gasteiger partial charge in [0.1, 0.15) is 18.2 Å². The lowest BCUT2D eigenvalue weighted by Gasteiger charge is -2.18. The predicted octanol–water partition coefficient (Wildman–Crippen LogP) is 3.04. The number of rotatable bonds is 4. The molecular weight excluding hydrogens is 212 g/mol. The van der Waals surface area contributed by atoms with Gasteiger partial charge in [0.15, 0.2) is 0 Å². The molecule has 1 aromatic rings. The highest BCUT2D eigenvalue weighted by atomic mass is 16.5. The molecule has 3 nitrogen and oxygen atoms in total. The number of benzene rings is 1. The highest BCUT2D eigenvalue weighted by Crippen LogP contribution is 2.27. The molecule has 0 radical (unpaired) electrons. The van der Waals surface area contributed by atoms with Gasteiger partial charge in [-0.05, 0) is 30.0 Å². The fraction of sp³-hybridized carbons (Fsp3) is 0.500. The average molecular weight is 234 g/mol. The van der Waals surface area contributed by atoms with E-state index in [-0.39, 0.29) is 0 Å². The first-order chi connectivity index (χ1) is 7.91. The first-order valence-corrected chi connectivity index (χ1v) is 5.90. The van der Waals surface area contributed by atoms with Crippen LogP contribution in [0.3, 0.4) is 0 Å². The summed E-state index contributed by atoms with van der Waals surface area (Å²) in [6.07, 6.45) is 0. The molecule has 0 heterocycles. The average Bonchev–Trinajstić information content (AvgIpc) is 2.25. The molecule has 0 saturated heterocycles. The number of amidine groups is 1. The molecule has 0 unspecified atom stereocenters. The summed E-state index contributed by atoms with van der Waals surface area (Å²) in [6, 6.07) is 6.24. The van der Waals surface area contributed by atoms with E-state index < -0.39 is 0 Å². The number of hydrogen-bond acceptors (Lipinski definition) is 2. The molecule has 0 aliphatic rings. The van der Waals surface area contributed by atoms with Crippen molar-refractivity contribution < 1.29 is 4.74 Å². The van der Waals surface area contributed by atoms with Gasteiger partial charge in [0.2, 0.25) is 0 Å². The third-order valence-corrected chi connectivity index (χ3v) is 2.70. The van der Waals surface area contributed by atoms with E-state index in [4.69, 9.17) is 10.1 Å². The maximum atomic E-state index is 7.73. The molecule has 1 rings (SSSR count). The van der Waals surface area contributed by atoms with Crippen LogP contribution in [0.1, 0.15) is 30.9 Å². The number of aryl methyl sites for hydroxylation is 1. The zero-order valence-electron chi connectivity index (χ0n) is 11.4. The molecule has 0 fully saturated rings. The number of nitrogens with one attached hydrogen (secondary N) is 1. The molecular formula is C14H22N2O. The molecule has 0 spiro atoms. The lowest BCUT2D eigenvalue weighted by molar-refractivity contribution is 0.352. The van der Waals surface area contributed by atoms with Crippen LogP contribution in [0.25, 0.3) is 0 Å². The molecule has 0 saturated carbocycles. The number of ether oxygens (including phenoxy) is 1. The number of likely N-dealkylation sites (N-methyl/N-ethyl adjacent to an activating group) is 1. The van der Waals surface area contributed by atoms with Crippen LogP contribution in [0.2, 0.25) is 0 Å². The zero-order chi connectivity index (χ0) is 13.0. The normalized spacial score (nSPS) is 10.5. The monoisotopic (exact) mass is 234 g/mol. The van der Waals surface area contributed by atoms with E-state index >= 15 is 0 Å². The SMILES string of the molecule is Cc1ccc(C(C)C)c(OCC(=N)N(C)C)c1. The lowest BCUT2D eigenvalue weighted by Crippen LogP contribution is -2.27. The Balaban J connectivity index is 2.82. The standard InChI is InChI=1S/C14H22N2O/c1-10(2)12-7-6-11(3)8-13(12)17-9-14(15)16(4)5/h6-8,10,15H,9H2,1-5H3. The minimum Gasteiger partial charge on any atom is -0.485 e. The second-order valence-corrected chi connectivity index (χ2v) is 4.83. The molecule has 0 aliphatic carbocycles. The predicted molar refractivity (Wildman–Crippen MR) is 72.2 cm³/mol. The third-order valence-electron chi connectivity index (χ3n) is 2.70. The minimum absolute atomic E-state index is 0.316. The van der Waals surface area contributed by atoms with Crippen molar-refractivity contribution in [2.24, 2.45) is 0 Å². The van der Waals surface area contributed by atoms with E-state index in [9.17, 15) is 0 Å². The molecule has 1 aromatic carbocycles. The Bertz CT molecular complexity index is 397. The molecule has 0 aromatic heterocycles. The molecule has 17 heavy (non-hydrogen) atoms. The Labute approximate surface area is 104 Å². The van der Waals surface area contributed by atoms with Crippen molar-refractivity contribution in [3.8, 4) is 5.75 Å². The van der Waals surface area contributed by atoms with Crippen LogP contribution < -0.4 is 4.74 Å². The lowest BCUT2D eigenvalue weighted by atomic mass is 10.0. The summed E-state index contributed by atoms with van der Waals surface area (Å²) >= 11 is 0. The molecule has 0 bridgehead atoms. The van der Waals surface area contributed by atoms with Gasteiger partial charge in [-0.25, -0.2) is 0 Å². The largest absolute Gasteiger partial charge is 0.485 e. The first-order valence-electron chi connectivity index (χ1n) is 5.90. The van der Waals surface area contributed by atoms with Gasteiger partial charge in [-0.2, -0.15) is 0 Å². The van der Waals surface area contributed by atoms with Gasteiger partial charge in [0.25, 0.3) is 0 Å². The fourth-order valence-electron chi connectivity index (χ4n) is 1.52.